The molecule has 0 aliphatic carbocycles. The molecule has 5 heteroatoms. The Bertz CT molecular complexity index is 579. The lowest BCUT2D eigenvalue weighted by atomic mass is 10.00. The fourth-order valence-electron chi connectivity index (χ4n) is 2.91. The second-order valence-corrected chi connectivity index (χ2v) is 5.49. The minimum absolute atomic E-state index is 0.137. The highest BCUT2D eigenvalue weighted by atomic mass is 15.3. The Balaban J connectivity index is 2.21. The molecule has 0 saturated carbocycles. The lowest BCUT2D eigenvalue weighted by molar-refractivity contribution is 0.462. The zero-order valence-corrected chi connectivity index (χ0v) is 13.1. The summed E-state index contributed by atoms with van der Waals surface area (Å²) in [6.07, 6.45) is 1.72. The van der Waals surface area contributed by atoms with E-state index in [-0.39, 0.29) is 12.1 Å². The molecule has 0 saturated heterocycles. The minimum atomic E-state index is 0.137. The van der Waals surface area contributed by atoms with Gasteiger partial charge in [0, 0.05) is 24.5 Å². The van der Waals surface area contributed by atoms with E-state index in [1.165, 1.54) is 11.1 Å². The normalized spacial score (nSPS) is 14.3. The SMILES string of the molecule is Cc1cc(C)c(C(C)NC(C)c2nncn2C)c(C)n1. The van der Waals surface area contributed by atoms with Crippen molar-refractivity contribution >= 4 is 0 Å². The standard InChI is InChI=1S/C15H23N5/c1-9-7-10(2)17-11(3)14(9)12(4)18-13(5)15-19-16-8-20(15)6/h7-8,12-13,18H,1-6H3. The summed E-state index contributed by atoms with van der Waals surface area (Å²) in [5.74, 6) is 0.937. The van der Waals surface area contributed by atoms with Gasteiger partial charge in [-0.15, -0.1) is 10.2 Å². The van der Waals surface area contributed by atoms with E-state index >= 15 is 0 Å². The number of hydrogen-bond acceptors (Lipinski definition) is 4. The van der Waals surface area contributed by atoms with E-state index in [0.717, 1.165) is 17.2 Å². The fourth-order valence-corrected chi connectivity index (χ4v) is 2.91. The first-order valence-electron chi connectivity index (χ1n) is 6.94. The third-order valence-electron chi connectivity index (χ3n) is 3.65. The predicted molar refractivity (Wildman–Crippen MR) is 79.4 cm³/mol. The number of pyridine rings is 1. The van der Waals surface area contributed by atoms with Gasteiger partial charge in [0.15, 0.2) is 0 Å². The van der Waals surface area contributed by atoms with E-state index in [1.54, 1.807) is 6.33 Å². The Morgan fingerprint density at radius 1 is 1.15 bits per heavy atom. The summed E-state index contributed by atoms with van der Waals surface area (Å²) in [6.45, 7) is 10.5. The Hall–Kier alpha value is -1.75. The summed E-state index contributed by atoms with van der Waals surface area (Å²) in [7, 11) is 1.96. The van der Waals surface area contributed by atoms with Crippen molar-refractivity contribution in [3.8, 4) is 0 Å². The van der Waals surface area contributed by atoms with Gasteiger partial charge in [0.25, 0.3) is 0 Å². The number of rotatable bonds is 4. The average molecular weight is 273 g/mol. The molecule has 2 aromatic heterocycles. The highest BCUT2D eigenvalue weighted by Crippen LogP contribution is 2.23. The smallest absolute Gasteiger partial charge is 0.149 e. The van der Waals surface area contributed by atoms with Gasteiger partial charge in [-0.25, -0.2) is 0 Å². The van der Waals surface area contributed by atoms with E-state index < -0.39 is 0 Å². The molecule has 0 amide bonds. The van der Waals surface area contributed by atoms with Crippen molar-refractivity contribution in [2.75, 3.05) is 0 Å². The molecule has 108 valence electrons. The molecule has 0 aliphatic heterocycles. The van der Waals surface area contributed by atoms with Crippen molar-refractivity contribution in [3.63, 3.8) is 0 Å². The second-order valence-electron chi connectivity index (χ2n) is 5.49. The van der Waals surface area contributed by atoms with E-state index in [2.05, 4.69) is 54.3 Å². The van der Waals surface area contributed by atoms with Gasteiger partial charge in [-0.1, -0.05) is 0 Å². The highest BCUT2D eigenvalue weighted by molar-refractivity contribution is 5.33. The van der Waals surface area contributed by atoms with Crippen molar-refractivity contribution in [1.82, 2.24) is 25.1 Å². The minimum Gasteiger partial charge on any atom is -0.319 e. The first-order valence-corrected chi connectivity index (χ1v) is 6.94. The predicted octanol–water partition coefficient (Wildman–Crippen LogP) is 2.55. The largest absolute Gasteiger partial charge is 0.319 e. The third-order valence-corrected chi connectivity index (χ3v) is 3.65. The van der Waals surface area contributed by atoms with Crippen molar-refractivity contribution in [2.45, 2.75) is 46.7 Å². The monoisotopic (exact) mass is 273 g/mol. The molecular formula is C15H23N5. The zero-order valence-electron chi connectivity index (χ0n) is 13.1. The summed E-state index contributed by atoms with van der Waals surface area (Å²) in [4.78, 5) is 4.57. The van der Waals surface area contributed by atoms with Gasteiger partial charge in [-0.3, -0.25) is 4.98 Å². The molecule has 5 nitrogen and oxygen atoms in total. The molecule has 2 atom stereocenters. The van der Waals surface area contributed by atoms with Crippen LogP contribution >= 0.6 is 0 Å². The molecule has 0 spiro atoms. The summed E-state index contributed by atoms with van der Waals surface area (Å²) >= 11 is 0. The van der Waals surface area contributed by atoms with E-state index in [9.17, 15) is 0 Å². The van der Waals surface area contributed by atoms with Crippen LogP contribution in [0.4, 0.5) is 0 Å². The number of aryl methyl sites for hydroxylation is 4. The second kappa shape index (κ2) is 5.71. The molecule has 0 aromatic carbocycles. The zero-order chi connectivity index (χ0) is 14.9. The van der Waals surface area contributed by atoms with Gasteiger partial charge in [-0.2, -0.15) is 0 Å². The van der Waals surface area contributed by atoms with Crippen molar-refractivity contribution in [3.05, 3.63) is 40.7 Å². The quantitative estimate of drug-likeness (QED) is 0.930. The third kappa shape index (κ3) is 2.88. The molecular weight excluding hydrogens is 250 g/mol. The van der Waals surface area contributed by atoms with E-state index in [4.69, 9.17) is 0 Å². The van der Waals surface area contributed by atoms with Crippen molar-refractivity contribution in [2.24, 2.45) is 7.05 Å². The first-order chi connectivity index (χ1) is 9.40. The molecule has 0 bridgehead atoms. The van der Waals surface area contributed by atoms with Gasteiger partial charge in [0.2, 0.25) is 0 Å². The van der Waals surface area contributed by atoms with Gasteiger partial charge < -0.3 is 9.88 Å². The van der Waals surface area contributed by atoms with Crippen LogP contribution in [0.15, 0.2) is 12.4 Å². The number of aromatic nitrogens is 4. The van der Waals surface area contributed by atoms with Gasteiger partial charge in [0.05, 0.1) is 6.04 Å². The maximum absolute atomic E-state index is 4.57. The van der Waals surface area contributed by atoms with Gasteiger partial charge >= 0.3 is 0 Å². The van der Waals surface area contributed by atoms with Crippen LogP contribution in [0.5, 0.6) is 0 Å². The topological polar surface area (TPSA) is 55.6 Å². The number of hydrogen-bond donors (Lipinski definition) is 1. The maximum atomic E-state index is 4.57. The maximum Gasteiger partial charge on any atom is 0.149 e. The molecule has 2 aromatic rings. The first kappa shape index (κ1) is 14.7. The van der Waals surface area contributed by atoms with E-state index in [1.807, 2.05) is 18.5 Å². The summed E-state index contributed by atoms with van der Waals surface area (Å²) < 4.78 is 1.94. The molecule has 0 aliphatic rings. The van der Waals surface area contributed by atoms with Crippen LogP contribution in [-0.4, -0.2) is 19.7 Å². The lowest BCUT2D eigenvalue weighted by Crippen LogP contribution is -2.26. The fraction of sp³-hybridized carbons (Fsp3) is 0.533. The van der Waals surface area contributed by atoms with Crippen LogP contribution in [0.3, 0.4) is 0 Å². The Labute approximate surface area is 120 Å². The van der Waals surface area contributed by atoms with Gasteiger partial charge in [-0.05, 0) is 51.8 Å². The Kier molecular flexibility index (Phi) is 4.18. The summed E-state index contributed by atoms with van der Waals surface area (Å²) in [5, 5.41) is 11.7. The molecule has 2 heterocycles. The highest BCUT2D eigenvalue weighted by Gasteiger charge is 2.18. The number of nitrogens with one attached hydrogen (secondary N) is 1. The van der Waals surface area contributed by atoms with Crippen molar-refractivity contribution in [1.29, 1.82) is 0 Å². The Morgan fingerprint density at radius 3 is 2.40 bits per heavy atom. The van der Waals surface area contributed by atoms with Crippen LogP contribution in [0.2, 0.25) is 0 Å². The average Bonchev–Trinajstić information content (AvgIpc) is 2.73. The van der Waals surface area contributed by atoms with Crippen molar-refractivity contribution < 1.29 is 0 Å². The molecule has 2 unspecified atom stereocenters. The number of nitrogens with zero attached hydrogens (tertiary/aromatic N) is 4. The Morgan fingerprint density at radius 2 is 1.85 bits per heavy atom. The van der Waals surface area contributed by atoms with E-state index in [0.29, 0.717) is 0 Å². The molecule has 0 radical (unpaired) electrons. The molecule has 20 heavy (non-hydrogen) atoms. The van der Waals surface area contributed by atoms with Crippen LogP contribution in [0.25, 0.3) is 0 Å². The van der Waals surface area contributed by atoms with Gasteiger partial charge in [0.1, 0.15) is 12.2 Å². The molecule has 2 rings (SSSR count). The summed E-state index contributed by atoms with van der Waals surface area (Å²) in [5.41, 5.74) is 4.70. The lowest BCUT2D eigenvalue weighted by Gasteiger charge is -2.22. The van der Waals surface area contributed by atoms with Crippen LogP contribution < -0.4 is 5.32 Å². The van der Waals surface area contributed by atoms with Crippen LogP contribution in [-0.2, 0) is 7.05 Å². The van der Waals surface area contributed by atoms with Crippen LogP contribution in [0.1, 0.15) is 54.3 Å². The molecule has 0 fully saturated rings. The van der Waals surface area contributed by atoms with Crippen LogP contribution in [0, 0.1) is 20.8 Å². The molecule has 1 N–H and O–H groups in total. The summed E-state index contributed by atoms with van der Waals surface area (Å²) in [6, 6.07) is 2.49.